The lowest BCUT2D eigenvalue weighted by molar-refractivity contribution is 0.195. The molecule has 3 aromatic rings. The molecule has 4 heteroatoms. The number of benzene rings is 3. The summed E-state index contributed by atoms with van der Waals surface area (Å²) in [4.78, 5) is 0. The molecule has 3 aromatic carbocycles. The molecule has 0 aliphatic heterocycles. The summed E-state index contributed by atoms with van der Waals surface area (Å²) in [5.74, 6) is 0. The average molecular weight is 465 g/mol. The lowest BCUT2D eigenvalue weighted by Gasteiger charge is -2.14. The van der Waals surface area contributed by atoms with Gasteiger partial charge in [0.05, 0.1) is 0 Å². The van der Waals surface area contributed by atoms with Crippen LogP contribution in [0, 0.1) is 0 Å². The largest absolute Gasteiger partial charge is 0.396 e. The molecule has 0 unspecified atom stereocenters. The van der Waals surface area contributed by atoms with E-state index in [-0.39, 0.29) is 6.61 Å². The van der Waals surface area contributed by atoms with Gasteiger partial charge >= 0.3 is 0 Å². The average Bonchev–Trinajstić information content (AvgIpc) is 2.86. The van der Waals surface area contributed by atoms with Crippen LogP contribution in [-0.4, -0.2) is 25.4 Å². The van der Waals surface area contributed by atoms with Gasteiger partial charge in [-0.05, 0) is 90.0 Å². The van der Waals surface area contributed by atoms with E-state index >= 15 is 0 Å². The van der Waals surface area contributed by atoms with E-state index in [1.165, 1.54) is 16.7 Å². The summed E-state index contributed by atoms with van der Waals surface area (Å²) in [6, 6.07) is 23.5. The molecule has 3 rings (SSSR count). The predicted molar refractivity (Wildman–Crippen MR) is 136 cm³/mol. The van der Waals surface area contributed by atoms with Crippen LogP contribution in [0.15, 0.2) is 78.9 Å². The monoisotopic (exact) mass is 464 g/mol. The molecule has 0 spiro atoms. The summed E-state index contributed by atoms with van der Waals surface area (Å²) < 4.78 is 30.1. The molecule has 0 saturated carbocycles. The second-order valence-corrected chi connectivity index (χ2v) is 8.58. The third kappa shape index (κ3) is 7.89. The number of rotatable bonds is 13. The molecule has 0 aromatic heterocycles. The molecule has 0 fully saturated rings. The van der Waals surface area contributed by atoms with Crippen molar-refractivity contribution in [3.63, 3.8) is 0 Å². The van der Waals surface area contributed by atoms with Crippen LogP contribution in [0.5, 0.6) is 0 Å². The Hall–Kier alpha value is -2.82. The molecule has 0 aliphatic carbocycles. The minimum absolute atomic E-state index is 0.197. The number of hydrogen-bond donors (Lipinski definition) is 1. The fourth-order valence-corrected chi connectivity index (χ4v) is 4.18. The smallest absolute Gasteiger partial charge is 0.266 e. The summed E-state index contributed by atoms with van der Waals surface area (Å²) in [6.07, 6.45) is 4.76. The van der Waals surface area contributed by atoms with Crippen LogP contribution in [0.4, 0.5) is 8.78 Å². The van der Waals surface area contributed by atoms with Crippen molar-refractivity contribution in [1.29, 1.82) is 0 Å². The van der Waals surface area contributed by atoms with Crippen LogP contribution < -0.4 is 0 Å². The van der Waals surface area contributed by atoms with Crippen LogP contribution in [0.3, 0.4) is 0 Å². The van der Waals surface area contributed by atoms with Crippen molar-refractivity contribution < 1.29 is 18.6 Å². The summed E-state index contributed by atoms with van der Waals surface area (Å²) in [5.41, 5.74) is 8.20. The van der Waals surface area contributed by atoms with E-state index in [0.717, 1.165) is 67.0 Å². The Bertz CT molecular complexity index is 1040. The van der Waals surface area contributed by atoms with Gasteiger partial charge in [-0.15, -0.1) is 0 Å². The molecule has 0 amide bonds. The molecule has 0 aliphatic rings. The minimum Gasteiger partial charge on any atom is -0.396 e. The number of aryl methyl sites for hydroxylation is 3. The molecule has 180 valence electrons. The Morgan fingerprint density at radius 1 is 0.765 bits per heavy atom. The van der Waals surface area contributed by atoms with Crippen molar-refractivity contribution in [3.05, 3.63) is 95.6 Å². The van der Waals surface area contributed by atoms with Crippen molar-refractivity contribution in [2.45, 2.75) is 44.9 Å². The first-order valence-electron chi connectivity index (χ1n) is 12.0. The number of ether oxygens (including phenoxy) is 1. The third-order valence-electron chi connectivity index (χ3n) is 6.04. The quantitative estimate of drug-likeness (QED) is 0.264. The first-order chi connectivity index (χ1) is 16.6. The number of aliphatic hydroxyl groups is 1. The third-order valence-corrected chi connectivity index (χ3v) is 6.04. The Balaban J connectivity index is 1.84. The zero-order chi connectivity index (χ0) is 24.2. The topological polar surface area (TPSA) is 29.5 Å². The Morgan fingerprint density at radius 2 is 1.38 bits per heavy atom. The van der Waals surface area contributed by atoms with E-state index in [9.17, 15) is 8.78 Å². The number of unbranched alkanes of at least 4 members (excludes halogenated alkanes) is 1. The lowest BCUT2D eigenvalue weighted by atomic mass is 9.91. The summed E-state index contributed by atoms with van der Waals surface area (Å²) in [5, 5.41) is 9.04. The predicted octanol–water partition coefficient (Wildman–Crippen LogP) is 7.63. The molecule has 0 atom stereocenters. The number of methoxy groups -OCH3 is 1. The van der Waals surface area contributed by atoms with Gasteiger partial charge in [-0.25, -0.2) is 0 Å². The SMILES string of the molecule is COCCCc1ccc(-c2ccc(-c3ccc(CCCO)cc3)cc2CCCC=C(F)F)cc1. The van der Waals surface area contributed by atoms with Gasteiger partial charge in [0, 0.05) is 20.3 Å². The molecule has 0 bridgehead atoms. The summed E-state index contributed by atoms with van der Waals surface area (Å²) in [6.45, 7) is 0.950. The maximum absolute atomic E-state index is 12.5. The number of allylic oxidation sites excluding steroid dienone is 1. The maximum atomic E-state index is 12.5. The Labute approximate surface area is 201 Å². The standard InChI is InChI=1S/C30H34F2O2/c1-34-21-5-7-24-12-16-26(17-13-24)29-19-18-27(22-28(29)8-2-3-9-30(31)32)25-14-10-23(11-15-25)6-4-20-33/h9-19,22,33H,2-8,20-21H2,1H3. The van der Waals surface area contributed by atoms with Crippen molar-refractivity contribution in [2.24, 2.45) is 0 Å². The van der Waals surface area contributed by atoms with E-state index < -0.39 is 6.08 Å². The van der Waals surface area contributed by atoms with Crippen LogP contribution >= 0.6 is 0 Å². The highest BCUT2D eigenvalue weighted by atomic mass is 19.3. The Morgan fingerprint density at radius 3 is 2.00 bits per heavy atom. The van der Waals surface area contributed by atoms with Gasteiger partial charge in [0.15, 0.2) is 0 Å². The normalized spacial score (nSPS) is 10.9. The van der Waals surface area contributed by atoms with E-state index in [2.05, 4.69) is 66.7 Å². The molecule has 0 heterocycles. The van der Waals surface area contributed by atoms with Crippen LogP contribution in [0.2, 0.25) is 0 Å². The van der Waals surface area contributed by atoms with Crippen molar-refractivity contribution >= 4 is 0 Å². The first-order valence-corrected chi connectivity index (χ1v) is 12.0. The van der Waals surface area contributed by atoms with Crippen molar-refractivity contribution in [1.82, 2.24) is 0 Å². The van der Waals surface area contributed by atoms with Gasteiger partial charge in [-0.1, -0.05) is 66.7 Å². The summed E-state index contributed by atoms with van der Waals surface area (Å²) >= 11 is 0. The Kier molecular flexibility index (Phi) is 10.5. The number of hydrogen-bond acceptors (Lipinski definition) is 2. The van der Waals surface area contributed by atoms with Crippen LogP contribution in [0.25, 0.3) is 22.3 Å². The van der Waals surface area contributed by atoms with Gasteiger partial charge in [-0.3, -0.25) is 0 Å². The second kappa shape index (κ2) is 13.8. The van der Waals surface area contributed by atoms with Gasteiger partial charge in [-0.2, -0.15) is 8.78 Å². The molecule has 1 N–H and O–H groups in total. The zero-order valence-electron chi connectivity index (χ0n) is 19.9. The molecular formula is C30H34F2O2. The van der Waals surface area contributed by atoms with E-state index in [1.54, 1.807) is 7.11 Å². The highest BCUT2D eigenvalue weighted by Gasteiger charge is 2.09. The van der Waals surface area contributed by atoms with Crippen molar-refractivity contribution in [3.8, 4) is 22.3 Å². The van der Waals surface area contributed by atoms with Crippen molar-refractivity contribution in [2.75, 3.05) is 20.3 Å². The minimum atomic E-state index is -1.61. The first kappa shape index (κ1) is 25.8. The molecule has 34 heavy (non-hydrogen) atoms. The lowest BCUT2D eigenvalue weighted by Crippen LogP contribution is -1.95. The highest BCUT2D eigenvalue weighted by molar-refractivity contribution is 5.74. The molecule has 0 radical (unpaired) electrons. The van der Waals surface area contributed by atoms with Gasteiger partial charge in [0.2, 0.25) is 0 Å². The van der Waals surface area contributed by atoms with Gasteiger partial charge in [0.1, 0.15) is 0 Å². The van der Waals surface area contributed by atoms with Crippen LogP contribution in [-0.2, 0) is 24.0 Å². The van der Waals surface area contributed by atoms with Gasteiger partial charge in [0.25, 0.3) is 6.08 Å². The van der Waals surface area contributed by atoms with Crippen LogP contribution in [0.1, 0.15) is 42.4 Å². The van der Waals surface area contributed by atoms with E-state index in [4.69, 9.17) is 9.84 Å². The zero-order valence-corrected chi connectivity index (χ0v) is 19.9. The molecule has 0 saturated heterocycles. The fraction of sp³-hybridized carbons (Fsp3) is 0.333. The summed E-state index contributed by atoms with van der Waals surface area (Å²) in [7, 11) is 1.72. The molecular weight excluding hydrogens is 430 g/mol. The fourth-order valence-electron chi connectivity index (χ4n) is 4.18. The van der Waals surface area contributed by atoms with E-state index in [1.807, 2.05) is 0 Å². The number of halogens is 2. The second-order valence-electron chi connectivity index (χ2n) is 8.58. The molecule has 2 nitrogen and oxygen atoms in total. The highest BCUT2D eigenvalue weighted by Crippen LogP contribution is 2.31. The van der Waals surface area contributed by atoms with Gasteiger partial charge < -0.3 is 9.84 Å². The van der Waals surface area contributed by atoms with E-state index in [0.29, 0.717) is 12.8 Å². The maximum Gasteiger partial charge on any atom is 0.266 e. The number of aliphatic hydroxyl groups excluding tert-OH is 1.